The van der Waals surface area contributed by atoms with E-state index in [0.717, 1.165) is 5.69 Å². The molecule has 1 amide bonds. The van der Waals surface area contributed by atoms with E-state index in [1.807, 2.05) is 23.1 Å². The molecule has 7 heteroatoms. The minimum absolute atomic E-state index is 0.00225. The normalized spacial score (nSPS) is 13.7. The lowest BCUT2D eigenvalue weighted by atomic mass is 10.1. The number of benzene rings is 2. The second kappa shape index (κ2) is 8.29. The van der Waals surface area contributed by atoms with E-state index in [1.165, 1.54) is 19.3 Å². The summed E-state index contributed by atoms with van der Waals surface area (Å²) in [4.78, 5) is 42.6. The van der Waals surface area contributed by atoms with Gasteiger partial charge in [0.15, 0.2) is 0 Å². The molecule has 3 rings (SSSR count). The molecule has 1 heterocycles. The third-order valence-corrected chi connectivity index (χ3v) is 4.49. The van der Waals surface area contributed by atoms with Crippen LogP contribution in [0.15, 0.2) is 53.5 Å². The quantitative estimate of drug-likeness (QED) is 0.472. The van der Waals surface area contributed by atoms with Gasteiger partial charge in [-0.3, -0.25) is 4.79 Å². The van der Waals surface area contributed by atoms with Crippen molar-refractivity contribution in [1.29, 1.82) is 0 Å². The molecule has 0 unspecified atom stereocenters. The number of methoxy groups -OCH3 is 1. The van der Waals surface area contributed by atoms with Gasteiger partial charge in [0, 0.05) is 31.7 Å². The van der Waals surface area contributed by atoms with Gasteiger partial charge in [-0.05, 0) is 30.3 Å². The van der Waals surface area contributed by atoms with Crippen LogP contribution in [0.3, 0.4) is 0 Å². The Kier molecular flexibility index (Phi) is 5.64. The molecule has 0 spiro atoms. The van der Waals surface area contributed by atoms with Gasteiger partial charge in [0.05, 0.1) is 18.4 Å². The standard InChI is InChI=1S/C20H19N3O4/c1-27-20(26)16-7-8-18(17(13-16)21-14-24)22-9-11-23(12-10-22)19(25)15-5-3-2-4-6-15/h2-8,13H,9-12H2,1H3. The topological polar surface area (TPSA) is 79.3 Å². The van der Waals surface area contributed by atoms with Crippen LogP contribution in [0.1, 0.15) is 20.7 Å². The number of carbonyl (C=O) groups excluding carboxylic acids is 3. The van der Waals surface area contributed by atoms with Gasteiger partial charge in [-0.2, -0.15) is 4.99 Å². The summed E-state index contributed by atoms with van der Waals surface area (Å²) in [5.74, 6) is -0.496. The van der Waals surface area contributed by atoms with Crippen molar-refractivity contribution in [1.82, 2.24) is 4.90 Å². The SMILES string of the molecule is COC(=O)c1ccc(N2CCN(C(=O)c3ccccc3)CC2)c(N=C=O)c1. The van der Waals surface area contributed by atoms with Crippen LogP contribution in [-0.4, -0.2) is 56.1 Å². The number of piperazine rings is 1. The molecule has 0 atom stereocenters. The van der Waals surface area contributed by atoms with Crippen LogP contribution in [0, 0.1) is 0 Å². The molecule has 1 aliphatic rings. The molecule has 7 nitrogen and oxygen atoms in total. The van der Waals surface area contributed by atoms with E-state index in [1.54, 1.807) is 29.2 Å². The Morgan fingerprint density at radius 1 is 1.00 bits per heavy atom. The Morgan fingerprint density at radius 2 is 1.70 bits per heavy atom. The summed E-state index contributed by atoms with van der Waals surface area (Å²) in [7, 11) is 1.29. The second-order valence-electron chi connectivity index (χ2n) is 6.04. The smallest absolute Gasteiger partial charge is 0.337 e. The monoisotopic (exact) mass is 365 g/mol. The Morgan fingerprint density at radius 3 is 2.33 bits per heavy atom. The minimum atomic E-state index is -0.498. The predicted octanol–water partition coefficient (Wildman–Crippen LogP) is 2.40. The molecular weight excluding hydrogens is 346 g/mol. The van der Waals surface area contributed by atoms with Crippen molar-refractivity contribution in [2.75, 3.05) is 38.2 Å². The maximum Gasteiger partial charge on any atom is 0.337 e. The van der Waals surface area contributed by atoms with Crippen molar-refractivity contribution < 1.29 is 19.1 Å². The van der Waals surface area contributed by atoms with Crippen molar-refractivity contribution in [2.45, 2.75) is 0 Å². The van der Waals surface area contributed by atoms with Crippen LogP contribution in [0.2, 0.25) is 0 Å². The molecule has 1 aliphatic heterocycles. The number of amides is 1. The predicted molar refractivity (Wildman–Crippen MR) is 100 cm³/mol. The van der Waals surface area contributed by atoms with Crippen molar-refractivity contribution in [3.05, 3.63) is 59.7 Å². The fourth-order valence-electron chi connectivity index (χ4n) is 3.09. The zero-order valence-electron chi connectivity index (χ0n) is 14.9. The van der Waals surface area contributed by atoms with Crippen LogP contribution in [-0.2, 0) is 9.53 Å². The highest BCUT2D eigenvalue weighted by Crippen LogP contribution is 2.31. The summed E-state index contributed by atoms with van der Waals surface area (Å²) < 4.78 is 4.70. The Bertz CT molecular complexity index is 883. The number of rotatable bonds is 4. The van der Waals surface area contributed by atoms with E-state index in [9.17, 15) is 14.4 Å². The molecule has 0 bridgehead atoms. The molecule has 0 N–H and O–H groups in total. The molecular formula is C20H19N3O4. The summed E-state index contributed by atoms with van der Waals surface area (Å²) in [6.07, 6.45) is 1.53. The highest BCUT2D eigenvalue weighted by atomic mass is 16.5. The fraction of sp³-hybridized carbons (Fsp3) is 0.250. The molecule has 1 fully saturated rings. The van der Waals surface area contributed by atoms with Gasteiger partial charge in [0.2, 0.25) is 6.08 Å². The first-order valence-corrected chi connectivity index (χ1v) is 8.53. The first kappa shape index (κ1) is 18.4. The van der Waals surface area contributed by atoms with Crippen LogP contribution >= 0.6 is 0 Å². The Labute approximate surface area is 156 Å². The molecule has 27 heavy (non-hydrogen) atoms. The molecule has 138 valence electrons. The van der Waals surface area contributed by atoms with E-state index in [4.69, 9.17) is 4.74 Å². The Balaban J connectivity index is 1.75. The minimum Gasteiger partial charge on any atom is -0.465 e. The summed E-state index contributed by atoms with van der Waals surface area (Å²) in [5.41, 5.74) is 2.06. The van der Waals surface area contributed by atoms with Crippen LogP contribution in [0.25, 0.3) is 0 Å². The van der Waals surface area contributed by atoms with Gasteiger partial charge < -0.3 is 14.5 Å². The summed E-state index contributed by atoms with van der Waals surface area (Å²) in [5, 5.41) is 0. The molecule has 0 aliphatic carbocycles. The molecule has 1 saturated heterocycles. The third-order valence-electron chi connectivity index (χ3n) is 4.49. The number of carbonyl (C=O) groups is 2. The number of hydrogen-bond donors (Lipinski definition) is 0. The summed E-state index contributed by atoms with van der Waals surface area (Å²) >= 11 is 0. The van der Waals surface area contributed by atoms with Crippen molar-refractivity contribution in [3.8, 4) is 0 Å². The van der Waals surface area contributed by atoms with E-state index < -0.39 is 5.97 Å². The highest BCUT2D eigenvalue weighted by molar-refractivity contribution is 5.94. The first-order valence-electron chi connectivity index (χ1n) is 8.53. The lowest BCUT2D eigenvalue weighted by Crippen LogP contribution is -2.48. The lowest BCUT2D eigenvalue weighted by Gasteiger charge is -2.36. The van der Waals surface area contributed by atoms with Gasteiger partial charge >= 0.3 is 5.97 Å². The van der Waals surface area contributed by atoms with E-state index in [2.05, 4.69) is 4.99 Å². The Hall–Kier alpha value is -3.44. The summed E-state index contributed by atoms with van der Waals surface area (Å²) in [6.45, 7) is 2.29. The van der Waals surface area contributed by atoms with Gasteiger partial charge in [-0.15, -0.1) is 0 Å². The molecule has 2 aromatic rings. The third kappa shape index (κ3) is 4.04. The maximum atomic E-state index is 12.6. The van der Waals surface area contributed by atoms with E-state index in [-0.39, 0.29) is 5.91 Å². The van der Waals surface area contributed by atoms with E-state index in [0.29, 0.717) is 43.0 Å². The zero-order chi connectivity index (χ0) is 19.2. The summed E-state index contributed by atoms with van der Waals surface area (Å²) in [6, 6.07) is 14.0. The molecule has 2 aromatic carbocycles. The van der Waals surface area contributed by atoms with Gasteiger partial charge in [-0.1, -0.05) is 18.2 Å². The fourth-order valence-corrected chi connectivity index (χ4v) is 3.09. The lowest BCUT2D eigenvalue weighted by molar-refractivity contribution is 0.0600. The molecule has 0 aromatic heterocycles. The highest BCUT2D eigenvalue weighted by Gasteiger charge is 2.24. The average molecular weight is 365 g/mol. The van der Waals surface area contributed by atoms with Gasteiger partial charge in [0.1, 0.15) is 5.69 Å². The van der Waals surface area contributed by atoms with Crippen molar-refractivity contribution in [3.63, 3.8) is 0 Å². The van der Waals surface area contributed by atoms with Gasteiger partial charge in [0.25, 0.3) is 5.91 Å². The number of hydrogen-bond acceptors (Lipinski definition) is 6. The number of anilines is 1. The van der Waals surface area contributed by atoms with Gasteiger partial charge in [-0.25, -0.2) is 9.59 Å². The van der Waals surface area contributed by atoms with Crippen molar-refractivity contribution >= 4 is 29.3 Å². The first-order chi connectivity index (χ1) is 13.1. The van der Waals surface area contributed by atoms with Crippen LogP contribution in [0.5, 0.6) is 0 Å². The molecule has 0 radical (unpaired) electrons. The largest absolute Gasteiger partial charge is 0.465 e. The van der Waals surface area contributed by atoms with Crippen LogP contribution < -0.4 is 4.90 Å². The molecule has 0 saturated carbocycles. The number of ether oxygens (including phenoxy) is 1. The zero-order valence-corrected chi connectivity index (χ0v) is 14.9. The maximum absolute atomic E-state index is 12.6. The number of isocyanates is 1. The number of nitrogens with zero attached hydrogens (tertiary/aromatic N) is 3. The second-order valence-corrected chi connectivity index (χ2v) is 6.04. The number of esters is 1. The van der Waals surface area contributed by atoms with E-state index >= 15 is 0 Å². The number of aliphatic imine (C=N–C) groups is 1. The average Bonchev–Trinajstić information content (AvgIpc) is 2.73. The van der Waals surface area contributed by atoms with Crippen LogP contribution in [0.4, 0.5) is 11.4 Å². The van der Waals surface area contributed by atoms with Crippen molar-refractivity contribution in [2.24, 2.45) is 4.99 Å².